The molecule has 0 aliphatic heterocycles. The summed E-state index contributed by atoms with van der Waals surface area (Å²) in [6, 6.07) is -0.537. The Morgan fingerprint density at radius 3 is 2.00 bits per heavy atom. The minimum atomic E-state index is -0.537. The molecule has 0 heterocycles. The van der Waals surface area contributed by atoms with Gasteiger partial charge in [-0.1, -0.05) is 13.8 Å². The third kappa shape index (κ3) is 4.73. The minimum absolute atomic E-state index is 0.0400. The van der Waals surface area contributed by atoms with Crippen LogP contribution >= 0.6 is 0 Å². The third-order valence-electron chi connectivity index (χ3n) is 2.87. The molecule has 5 nitrogen and oxygen atoms in total. The van der Waals surface area contributed by atoms with Gasteiger partial charge >= 0.3 is 0 Å². The first kappa shape index (κ1) is 15.9. The zero-order valence-corrected chi connectivity index (χ0v) is 11.6. The fourth-order valence-electron chi connectivity index (χ4n) is 1.50. The zero-order valence-electron chi connectivity index (χ0n) is 11.6. The van der Waals surface area contributed by atoms with Crippen LogP contribution in [-0.2, 0) is 9.59 Å². The van der Waals surface area contributed by atoms with Gasteiger partial charge in [-0.15, -0.1) is 0 Å². The lowest BCUT2D eigenvalue weighted by Crippen LogP contribution is -2.48. The normalized spacial score (nSPS) is 12.4. The van der Waals surface area contributed by atoms with Crippen molar-refractivity contribution in [2.75, 3.05) is 26.7 Å². The number of nitrogens with zero attached hydrogens (tertiary/aromatic N) is 2. The summed E-state index contributed by atoms with van der Waals surface area (Å²) in [5, 5.41) is 0. The van der Waals surface area contributed by atoms with Crippen LogP contribution in [0, 0.1) is 5.92 Å². The van der Waals surface area contributed by atoms with Gasteiger partial charge in [-0.05, 0) is 19.8 Å². The highest BCUT2D eigenvalue weighted by Gasteiger charge is 2.23. The van der Waals surface area contributed by atoms with Crippen molar-refractivity contribution in [2.45, 2.75) is 33.7 Å². The largest absolute Gasteiger partial charge is 0.342 e. The summed E-state index contributed by atoms with van der Waals surface area (Å²) >= 11 is 0. The monoisotopic (exact) mass is 243 g/mol. The number of amides is 2. The highest BCUT2D eigenvalue weighted by Crippen LogP contribution is 2.02. The SMILES string of the molecule is CCN(CC)C(=O)CN(C)C(=O)[C@H](N)C(C)C. The summed E-state index contributed by atoms with van der Waals surface area (Å²) < 4.78 is 0. The Morgan fingerprint density at radius 2 is 1.65 bits per heavy atom. The van der Waals surface area contributed by atoms with E-state index in [1.54, 1.807) is 11.9 Å². The van der Waals surface area contributed by atoms with Gasteiger partial charge in [0.15, 0.2) is 0 Å². The van der Waals surface area contributed by atoms with Crippen LogP contribution in [-0.4, -0.2) is 54.3 Å². The van der Waals surface area contributed by atoms with Crippen LogP contribution in [0.15, 0.2) is 0 Å². The number of likely N-dealkylation sites (N-methyl/N-ethyl adjacent to an activating group) is 2. The third-order valence-corrected chi connectivity index (χ3v) is 2.87. The molecule has 2 amide bonds. The molecule has 0 rings (SSSR count). The van der Waals surface area contributed by atoms with E-state index in [2.05, 4.69) is 0 Å². The molecule has 0 aromatic carbocycles. The highest BCUT2D eigenvalue weighted by molar-refractivity contribution is 5.87. The standard InChI is InChI=1S/C12H25N3O2/c1-6-15(7-2)10(16)8-14(5)12(17)11(13)9(3)4/h9,11H,6-8,13H2,1-5H3/t11-/m1/s1. The Kier molecular flexibility index (Phi) is 6.80. The number of rotatable bonds is 6. The average molecular weight is 243 g/mol. The lowest BCUT2D eigenvalue weighted by Gasteiger charge is -2.26. The number of nitrogens with two attached hydrogens (primary N) is 1. The second-order valence-electron chi connectivity index (χ2n) is 4.53. The van der Waals surface area contributed by atoms with E-state index >= 15 is 0 Å². The van der Waals surface area contributed by atoms with Gasteiger partial charge in [-0.2, -0.15) is 0 Å². The van der Waals surface area contributed by atoms with Crippen LogP contribution < -0.4 is 5.73 Å². The molecule has 0 bridgehead atoms. The Labute approximate surface area is 104 Å². The number of carbonyl (C=O) groups is 2. The van der Waals surface area contributed by atoms with Crippen molar-refractivity contribution in [2.24, 2.45) is 11.7 Å². The maximum absolute atomic E-state index is 11.8. The fourth-order valence-corrected chi connectivity index (χ4v) is 1.50. The maximum Gasteiger partial charge on any atom is 0.242 e. The van der Waals surface area contributed by atoms with Gasteiger partial charge in [0.2, 0.25) is 11.8 Å². The number of hydrogen-bond acceptors (Lipinski definition) is 3. The molecule has 1 atom stereocenters. The van der Waals surface area contributed by atoms with Crippen molar-refractivity contribution < 1.29 is 9.59 Å². The van der Waals surface area contributed by atoms with Crippen LogP contribution in [0.2, 0.25) is 0 Å². The molecule has 0 unspecified atom stereocenters. The molecule has 0 spiro atoms. The van der Waals surface area contributed by atoms with E-state index in [0.717, 1.165) is 0 Å². The summed E-state index contributed by atoms with van der Waals surface area (Å²) in [5.41, 5.74) is 5.76. The molecule has 0 radical (unpaired) electrons. The van der Waals surface area contributed by atoms with Gasteiger partial charge in [0.25, 0.3) is 0 Å². The number of hydrogen-bond donors (Lipinski definition) is 1. The van der Waals surface area contributed by atoms with Crippen LogP contribution in [0.5, 0.6) is 0 Å². The fraction of sp³-hybridized carbons (Fsp3) is 0.833. The van der Waals surface area contributed by atoms with Crippen molar-refractivity contribution in [3.8, 4) is 0 Å². The summed E-state index contributed by atoms with van der Waals surface area (Å²) in [6.45, 7) is 9.04. The van der Waals surface area contributed by atoms with E-state index in [1.165, 1.54) is 4.90 Å². The zero-order chi connectivity index (χ0) is 13.6. The summed E-state index contributed by atoms with van der Waals surface area (Å²) in [4.78, 5) is 26.8. The van der Waals surface area contributed by atoms with E-state index in [-0.39, 0.29) is 24.3 Å². The first-order valence-corrected chi connectivity index (χ1v) is 6.13. The van der Waals surface area contributed by atoms with Crippen LogP contribution in [0.4, 0.5) is 0 Å². The molecule has 100 valence electrons. The molecule has 0 saturated carbocycles. The smallest absolute Gasteiger partial charge is 0.242 e. The molecule has 0 saturated heterocycles. The highest BCUT2D eigenvalue weighted by atomic mass is 16.2. The van der Waals surface area contributed by atoms with Crippen molar-refractivity contribution in [3.05, 3.63) is 0 Å². The Balaban J connectivity index is 4.39. The predicted octanol–water partition coefficient (Wildman–Crippen LogP) is 0.297. The Hall–Kier alpha value is -1.10. The van der Waals surface area contributed by atoms with Crippen molar-refractivity contribution in [1.82, 2.24) is 9.80 Å². The van der Waals surface area contributed by atoms with Gasteiger partial charge in [-0.25, -0.2) is 0 Å². The summed E-state index contributed by atoms with van der Waals surface area (Å²) in [6.07, 6.45) is 0. The average Bonchev–Trinajstić information content (AvgIpc) is 2.28. The molecule has 17 heavy (non-hydrogen) atoms. The molecule has 0 fully saturated rings. The molecule has 0 aliphatic rings. The van der Waals surface area contributed by atoms with Crippen LogP contribution in [0.25, 0.3) is 0 Å². The van der Waals surface area contributed by atoms with Crippen molar-refractivity contribution in [1.29, 1.82) is 0 Å². The van der Waals surface area contributed by atoms with E-state index in [9.17, 15) is 9.59 Å². The molecule has 0 aromatic rings. The van der Waals surface area contributed by atoms with Gasteiger partial charge in [-0.3, -0.25) is 9.59 Å². The second-order valence-corrected chi connectivity index (χ2v) is 4.53. The topological polar surface area (TPSA) is 66.6 Å². The van der Waals surface area contributed by atoms with Gasteiger partial charge in [0.05, 0.1) is 12.6 Å². The Bertz CT molecular complexity index is 262. The molecular formula is C12H25N3O2. The van der Waals surface area contributed by atoms with Crippen LogP contribution in [0.1, 0.15) is 27.7 Å². The van der Waals surface area contributed by atoms with Crippen molar-refractivity contribution >= 4 is 11.8 Å². The van der Waals surface area contributed by atoms with Crippen LogP contribution in [0.3, 0.4) is 0 Å². The first-order chi connectivity index (χ1) is 7.84. The van der Waals surface area contributed by atoms with Gasteiger partial charge in [0, 0.05) is 20.1 Å². The van der Waals surface area contributed by atoms with Crippen molar-refractivity contribution in [3.63, 3.8) is 0 Å². The quantitative estimate of drug-likeness (QED) is 0.729. The minimum Gasteiger partial charge on any atom is -0.342 e. The lowest BCUT2D eigenvalue weighted by molar-refractivity contribution is -0.140. The first-order valence-electron chi connectivity index (χ1n) is 6.13. The van der Waals surface area contributed by atoms with Gasteiger partial charge < -0.3 is 15.5 Å². The van der Waals surface area contributed by atoms with E-state index in [4.69, 9.17) is 5.73 Å². The maximum atomic E-state index is 11.8. The predicted molar refractivity (Wildman–Crippen MR) is 68.4 cm³/mol. The molecule has 5 heteroatoms. The molecular weight excluding hydrogens is 218 g/mol. The second kappa shape index (κ2) is 7.27. The molecule has 0 aliphatic carbocycles. The van der Waals surface area contributed by atoms with E-state index in [1.807, 2.05) is 27.7 Å². The lowest BCUT2D eigenvalue weighted by atomic mass is 10.0. The van der Waals surface area contributed by atoms with E-state index in [0.29, 0.717) is 13.1 Å². The van der Waals surface area contributed by atoms with Gasteiger partial charge in [0.1, 0.15) is 0 Å². The summed E-state index contributed by atoms with van der Waals surface area (Å²) in [7, 11) is 1.62. The Morgan fingerprint density at radius 1 is 1.18 bits per heavy atom. The number of carbonyl (C=O) groups excluding carboxylic acids is 2. The van der Waals surface area contributed by atoms with E-state index < -0.39 is 6.04 Å². The molecule has 2 N–H and O–H groups in total. The summed E-state index contributed by atoms with van der Waals surface area (Å²) in [5.74, 6) is -0.143. The molecule has 0 aromatic heterocycles.